The van der Waals surface area contributed by atoms with Gasteiger partial charge in [0.15, 0.2) is 0 Å². The molecule has 1 atom stereocenters. The number of aryl methyl sites for hydroxylation is 1. The van der Waals surface area contributed by atoms with Crippen molar-refractivity contribution in [2.45, 2.75) is 44.2 Å². The Bertz CT molecular complexity index is 661. The van der Waals surface area contributed by atoms with Gasteiger partial charge in [-0.3, -0.25) is 5.10 Å². The van der Waals surface area contributed by atoms with E-state index < -0.39 is 0 Å². The predicted octanol–water partition coefficient (Wildman–Crippen LogP) is 2.66. The average molecular weight is 314 g/mol. The van der Waals surface area contributed by atoms with Crippen molar-refractivity contribution in [2.24, 2.45) is 0 Å². The third-order valence-electron chi connectivity index (χ3n) is 5.18. The van der Waals surface area contributed by atoms with E-state index in [2.05, 4.69) is 20.4 Å². The summed E-state index contributed by atoms with van der Waals surface area (Å²) in [5.74, 6) is -0.113. The minimum Gasteiger partial charge on any atom is -0.369 e. The molecular formula is C18H23FN4. The number of hydrogen-bond acceptors (Lipinski definition) is 3. The molecule has 4 rings (SSSR count). The van der Waals surface area contributed by atoms with Gasteiger partial charge in [-0.15, -0.1) is 0 Å². The van der Waals surface area contributed by atoms with Crippen LogP contribution in [0.25, 0.3) is 0 Å². The quantitative estimate of drug-likeness (QED) is 0.915. The zero-order valence-electron chi connectivity index (χ0n) is 13.3. The maximum Gasteiger partial charge on any atom is 0.146 e. The van der Waals surface area contributed by atoms with Crippen LogP contribution in [0.15, 0.2) is 30.5 Å². The third-order valence-corrected chi connectivity index (χ3v) is 5.18. The molecule has 0 bridgehead atoms. The number of H-pyrrole nitrogens is 1. The van der Waals surface area contributed by atoms with Crippen LogP contribution in [0.5, 0.6) is 0 Å². The number of aromatic nitrogens is 2. The fourth-order valence-corrected chi connectivity index (χ4v) is 3.88. The van der Waals surface area contributed by atoms with E-state index in [0.29, 0.717) is 12.1 Å². The monoisotopic (exact) mass is 314 g/mol. The van der Waals surface area contributed by atoms with Crippen molar-refractivity contribution in [1.82, 2.24) is 15.5 Å². The van der Waals surface area contributed by atoms with Crippen LogP contribution in [0, 0.1) is 5.82 Å². The first-order valence-electron chi connectivity index (χ1n) is 8.56. The third kappa shape index (κ3) is 3.11. The molecule has 2 aromatic rings. The van der Waals surface area contributed by atoms with E-state index >= 15 is 0 Å². The van der Waals surface area contributed by atoms with Crippen LogP contribution in [0.2, 0.25) is 0 Å². The molecule has 5 heteroatoms. The number of benzene rings is 1. The van der Waals surface area contributed by atoms with Crippen molar-refractivity contribution in [2.75, 3.05) is 18.0 Å². The Morgan fingerprint density at radius 1 is 1.13 bits per heavy atom. The van der Waals surface area contributed by atoms with E-state index in [9.17, 15) is 4.39 Å². The summed E-state index contributed by atoms with van der Waals surface area (Å²) < 4.78 is 13.9. The predicted molar refractivity (Wildman–Crippen MR) is 89.2 cm³/mol. The molecule has 0 radical (unpaired) electrons. The zero-order chi connectivity index (χ0) is 15.6. The standard InChI is InChI=1S/C18H23FN4/c19-16-3-1-2-4-18(16)23-9-7-14(8-10-23)21-15-6-5-13-12-20-22-17(13)11-15/h1-4,12,14-15,21H,5-11H2,(H,20,22)/t15-/m0/s1. The van der Waals surface area contributed by atoms with Crippen LogP contribution in [0.1, 0.15) is 30.5 Å². The number of nitrogens with one attached hydrogen (secondary N) is 2. The topological polar surface area (TPSA) is 44.0 Å². The minimum atomic E-state index is -0.113. The summed E-state index contributed by atoms with van der Waals surface area (Å²) in [6, 6.07) is 8.15. The summed E-state index contributed by atoms with van der Waals surface area (Å²) in [4.78, 5) is 2.17. The van der Waals surface area contributed by atoms with Crippen LogP contribution >= 0.6 is 0 Å². The number of piperidine rings is 1. The second kappa shape index (κ2) is 6.32. The Hall–Kier alpha value is -1.88. The van der Waals surface area contributed by atoms with Crippen molar-refractivity contribution in [3.63, 3.8) is 0 Å². The molecule has 1 aromatic carbocycles. The van der Waals surface area contributed by atoms with E-state index in [0.717, 1.165) is 44.5 Å². The van der Waals surface area contributed by atoms with Crippen LogP contribution in [-0.4, -0.2) is 35.4 Å². The summed E-state index contributed by atoms with van der Waals surface area (Å²) in [6.45, 7) is 1.83. The first-order valence-corrected chi connectivity index (χ1v) is 8.56. The molecule has 1 aromatic heterocycles. The number of fused-ring (bicyclic) bond motifs is 1. The number of halogens is 1. The Morgan fingerprint density at radius 3 is 2.78 bits per heavy atom. The average Bonchev–Trinajstić information content (AvgIpc) is 3.04. The maximum absolute atomic E-state index is 13.9. The molecule has 2 heterocycles. The lowest BCUT2D eigenvalue weighted by atomic mass is 9.92. The van der Waals surface area contributed by atoms with E-state index in [1.54, 1.807) is 12.1 Å². The lowest BCUT2D eigenvalue weighted by Gasteiger charge is -2.36. The second-order valence-electron chi connectivity index (χ2n) is 6.69. The number of hydrogen-bond donors (Lipinski definition) is 2. The number of nitrogens with zero attached hydrogens (tertiary/aromatic N) is 2. The van der Waals surface area contributed by atoms with Gasteiger partial charge in [-0.2, -0.15) is 5.10 Å². The molecular weight excluding hydrogens is 291 g/mol. The van der Waals surface area contributed by atoms with E-state index in [1.165, 1.54) is 17.7 Å². The van der Waals surface area contributed by atoms with Gasteiger partial charge in [0.25, 0.3) is 0 Å². The highest BCUT2D eigenvalue weighted by atomic mass is 19.1. The maximum atomic E-state index is 13.9. The van der Waals surface area contributed by atoms with Crippen molar-refractivity contribution >= 4 is 5.69 Å². The number of aromatic amines is 1. The molecule has 23 heavy (non-hydrogen) atoms. The van der Waals surface area contributed by atoms with Crippen molar-refractivity contribution in [3.05, 3.63) is 47.5 Å². The Kier molecular flexibility index (Phi) is 4.04. The first-order chi connectivity index (χ1) is 11.3. The molecule has 1 aliphatic carbocycles. The van der Waals surface area contributed by atoms with Gasteiger partial charge >= 0.3 is 0 Å². The van der Waals surface area contributed by atoms with Crippen molar-refractivity contribution in [3.8, 4) is 0 Å². The molecule has 1 saturated heterocycles. The highest BCUT2D eigenvalue weighted by Gasteiger charge is 2.26. The minimum absolute atomic E-state index is 0.113. The Morgan fingerprint density at radius 2 is 1.96 bits per heavy atom. The molecule has 2 N–H and O–H groups in total. The van der Waals surface area contributed by atoms with Gasteiger partial charge < -0.3 is 10.2 Å². The van der Waals surface area contributed by atoms with Crippen LogP contribution in [0.3, 0.4) is 0 Å². The van der Waals surface area contributed by atoms with Gasteiger partial charge in [-0.05, 0) is 43.4 Å². The summed E-state index contributed by atoms with van der Waals surface area (Å²) in [7, 11) is 0. The summed E-state index contributed by atoms with van der Waals surface area (Å²) in [6.07, 6.45) is 7.43. The number of para-hydroxylation sites is 1. The SMILES string of the molecule is Fc1ccccc1N1CCC(N[C@H]2CCc3cn[nH]c3C2)CC1. The number of rotatable bonds is 3. The molecule has 0 amide bonds. The van der Waals surface area contributed by atoms with Crippen LogP contribution in [0.4, 0.5) is 10.1 Å². The van der Waals surface area contributed by atoms with Crippen molar-refractivity contribution < 1.29 is 4.39 Å². The van der Waals surface area contributed by atoms with Gasteiger partial charge in [0, 0.05) is 37.3 Å². The molecule has 0 unspecified atom stereocenters. The van der Waals surface area contributed by atoms with E-state index in [-0.39, 0.29) is 5.82 Å². The lowest BCUT2D eigenvalue weighted by Crippen LogP contribution is -2.48. The van der Waals surface area contributed by atoms with Crippen LogP contribution < -0.4 is 10.2 Å². The van der Waals surface area contributed by atoms with Gasteiger partial charge in [0.05, 0.1) is 11.9 Å². The molecule has 4 nitrogen and oxygen atoms in total. The zero-order valence-corrected chi connectivity index (χ0v) is 13.3. The number of anilines is 1. The smallest absolute Gasteiger partial charge is 0.146 e. The largest absolute Gasteiger partial charge is 0.369 e. The molecule has 1 fully saturated rings. The Labute approximate surface area is 136 Å². The molecule has 122 valence electrons. The highest BCUT2D eigenvalue weighted by molar-refractivity contribution is 5.47. The fourth-order valence-electron chi connectivity index (χ4n) is 3.88. The summed E-state index contributed by atoms with van der Waals surface area (Å²) in [5, 5.41) is 11.1. The van der Waals surface area contributed by atoms with Gasteiger partial charge in [0.1, 0.15) is 5.82 Å². The Balaban J connectivity index is 1.31. The fraction of sp³-hybridized carbons (Fsp3) is 0.500. The van der Waals surface area contributed by atoms with Gasteiger partial charge in [-0.1, -0.05) is 12.1 Å². The first kappa shape index (κ1) is 14.7. The summed E-state index contributed by atoms with van der Waals surface area (Å²) >= 11 is 0. The normalized spacial score (nSPS) is 22.1. The van der Waals surface area contributed by atoms with Gasteiger partial charge in [-0.25, -0.2) is 4.39 Å². The van der Waals surface area contributed by atoms with Gasteiger partial charge in [0.2, 0.25) is 0 Å². The summed E-state index contributed by atoms with van der Waals surface area (Å²) in [5.41, 5.74) is 3.40. The molecule has 0 saturated carbocycles. The van der Waals surface area contributed by atoms with E-state index in [4.69, 9.17) is 0 Å². The van der Waals surface area contributed by atoms with E-state index in [1.807, 2.05) is 18.3 Å². The molecule has 1 aliphatic heterocycles. The second-order valence-corrected chi connectivity index (χ2v) is 6.69. The van der Waals surface area contributed by atoms with Crippen LogP contribution in [-0.2, 0) is 12.8 Å². The molecule has 0 spiro atoms. The van der Waals surface area contributed by atoms with Crippen molar-refractivity contribution in [1.29, 1.82) is 0 Å². The molecule has 2 aliphatic rings. The highest BCUT2D eigenvalue weighted by Crippen LogP contribution is 2.24. The lowest BCUT2D eigenvalue weighted by molar-refractivity contribution is 0.343.